The van der Waals surface area contributed by atoms with Crippen LogP contribution < -0.4 is 0 Å². The van der Waals surface area contributed by atoms with Gasteiger partial charge in [0.1, 0.15) is 23.9 Å². The third-order valence-corrected chi connectivity index (χ3v) is 18.5. The Morgan fingerprint density at radius 2 is 1.27 bits per heavy atom. The number of fused-ring (bicyclic) bond motifs is 2. The second-order valence-corrected chi connectivity index (χ2v) is 22.2. The Bertz CT molecular complexity index is 1700. The molecule has 7 rings (SSSR count). The van der Waals surface area contributed by atoms with Crippen molar-refractivity contribution in [3.05, 3.63) is 35.9 Å². The average molecular weight is 938 g/mol. The van der Waals surface area contributed by atoms with Gasteiger partial charge < -0.3 is 43.5 Å². The first kappa shape index (κ1) is 52.7. The number of hydrogen-bond acceptors (Lipinski definition) is 11. The van der Waals surface area contributed by atoms with Crippen molar-refractivity contribution >= 4 is 11.9 Å². The number of methoxy groups -OCH3 is 4. The summed E-state index contributed by atoms with van der Waals surface area (Å²) in [6, 6.07) is 8.55. The van der Waals surface area contributed by atoms with Gasteiger partial charge in [-0.25, -0.2) is 4.79 Å². The zero-order chi connectivity index (χ0) is 47.7. The summed E-state index contributed by atoms with van der Waals surface area (Å²) in [5.74, 6) is -2.78. The number of benzene rings is 1. The summed E-state index contributed by atoms with van der Waals surface area (Å²) in [5.41, 5.74) is -3.97. The van der Waals surface area contributed by atoms with Gasteiger partial charge in [-0.15, -0.1) is 0 Å². The second kappa shape index (κ2) is 23.9. The first-order valence-electron chi connectivity index (χ1n) is 27.2. The Morgan fingerprint density at radius 1 is 0.716 bits per heavy atom. The van der Waals surface area contributed by atoms with Gasteiger partial charge in [0.2, 0.25) is 0 Å². The van der Waals surface area contributed by atoms with Gasteiger partial charge in [0.05, 0.1) is 24.4 Å². The highest BCUT2D eigenvalue weighted by molar-refractivity contribution is 5.89. The summed E-state index contributed by atoms with van der Waals surface area (Å²) in [6.45, 7) is 3.53. The molecule has 1 aromatic carbocycles. The molecule has 1 spiro atoms. The molecule has 11 heteroatoms. The van der Waals surface area contributed by atoms with Gasteiger partial charge in [0, 0.05) is 76.0 Å². The molecule has 2 N–H and O–H groups in total. The highest BCUT2D eigenvalue weighted by Gasteiger charge is 2.91. The van der Waals surface area contributed by atoms with Crippen LogP contribution in [0.1, 0.15) is 184 Å². The fourth-order valence-electron chi connectivity index (χ4n) is 16.1. The Morgan fingerprint density at radius 3 is 1.78 bits per heavy atom. The fourth-order valence-corrected chi connectivity index (χ4v) is 16.1. The summed E-state index contributed by atoms with van der Waals surface area (Å²) in [4.78, 5) is 31.1. The smallest absolute Gasteiger partial charge is 0.338 e. The molecule has 0 radical (unpaired) electrons. The third kappa shape index (κ3) is 9.94. The van der Waals surface area contributed by atoms with Crippen molar-refractivity contribution in [2.75, 3.05) is 48.6 Å². The predicted molar refractivity (Wildman–Crippen MR) is 261 cm³/mol. The Labute approximate surface area is 404 Å². The van der Waals surface area contributed by atoms with E-state index in [1.54, 1.807) is 45.6 Å². The molecule has 380 valence electrons. The quantitative estimate of drug-likeness (QED) is 0.0545. The van der Waals surface area contributed by atoms with E-state index in [-0.39, 0.29) is 42.3 Å². The molecular weight excluding hydrogens is 847 g/mol. The number of esters is 2. The lowest BCUT2D eigenvalue weighted by Crippen LogP contribution is -2.80. The van der Waals surface area contributed by atoms with Crippen molar-refractivity contribution in [1.29, 1.82) is 0 Å². The number of rotatable bonds is 31. The summed E-state index contributed by atoms with van der Waals surface area (Å²) < 4.78 is 39.0. The van der Waals surface area contributed by atoms with Crippen LogP contribution in [-0.2, 0) is 33.2 Å². The van der Waals surface area contributed by atoms with Gasteiger partial charge in [0.25, 0.3) is 0 Å². The molecule has 1 saturated heterocycles. The summed E-state index contributed by atoms with van der Waals surface area (Å²) in [5, 5.41) is 26.1. The number of ether oxygens (including phenoxy) is 6. The molecule has 6 fully saturated rings. The lowest BCUT2D eigenvalue weighted by Gasteiger charge is -2.69. The molecule has 0 aromatic heterocycles. The van der Waals surface area contributed by atoms with E-state index in [4.69, 9.17) is 28.4 Å². The average Bonchev–Trinajstić information content (AvgIpc) is 3.72. The number of piperidine rings is 1. The second-order valence-electron chi connectivity index (χ2n) is 22.2. The number of aliphatic hydroxyl groups excluding tert-OH is 1. The van der Waals surface area contributed by atoms with Gasteiger partial charge in [-0.1, -0.05) is 160 Å². The molecule has 1 aliphatic heterocycles. The predicted octanol–water partition coefficient (Wildman–Crippen LogP) is 10.3. The minimum atomic E-state index is -1.77. The lowest BCUT2D eigenvalue weighted by molar-refractivity contribution is -0.317. The normalized spacial score (nSPS) is 36.9. The molecule has 14 atom stereocenters. The lowest BCUT2D eigenvalue weighted by atomic mass is 9.43. The fraction of sp³-hybridized carbons (Fsp3) is 0.857. The largest absolute Gasteiger partial charge is 0.455 e. The molecule has 67 heavy (non-hydrogen) atoms. The third-order valence-electron chi connectivity index (χ3n) is 18.5. The van der Waals surface area contributed by atoms with Crippen LogP contribution >= 0.6 is 0 Å². The first-order chi connectivity index (χ1) is 32.6. The van der Waals surface area contributed by atoms with Gasteiger partial charge in [-0.05, 0) is 50.8 Å². The van der Waals surface area contributed by atoms with E-state index in [2.05, 4.69) is 18.9 Å². The zero-order valence-electron chi connectivity index (χ0n) is 42.6. The molecule has 11 nitrogen and oxygen atoms in total. The number of likely N-dealkylation sites (tertiary alicyclic amines) is 1. The molecule has 6 aliphatic rings. The van der Waals surface area contributed by atoms with E-state index >= 15 is 0 Å². The summed E-state index contributed by atoms with van der Waals surface area (Å²) >= 11 is 0. The number of aliphatic hydroxyl groups is 2. The molecule has 5 saturated carbocycles. The number of carbonyl (C=O) groups excluding carboxylic acids is 2. The SMILES string of the molecule is CCCCCCCCCCCCCCCCCCCCCCCCC(=O)O[C@]12[C@H]3[C@@H](OC(=O)c4ccccc4)[C@](O)(C[C@H]3[C@@]34C5[C@@H]1[C@H](OC)[C@@H]3[C@@](COC)(CC[C@@H]4OC)CN5C)[C@@H](OC)[C@@H]2O. The van der Waals surface area contributed by atoms with E-state index in [9.17, 15) is 19.8 Å². The van der Waals surface area contributed by atoms with Crippen LogP contribution in [0.25, 0.3) is 0 Å². The van der Waals surface area contributed by atoms with E-state index < -0.39 is 64.8 Å². The van der Waals surface area contributed by atoms with Crippen molar-refractivity contribution in [2.45, 2.75) is 222 Å². The highest BCUT2D eigenvalue weighted by atomic mass is 16.6. The molecule has 1 unspecified atom stereocenters. The van der Waals surface area contributed by atoms with Crippen LogP contribution in [0.15, 0.2) is 30.3 Å². The maximum Gasteiger partial charge on any atom is 0.338 e. The Hall–Kier alpha value is -2.12. The van der Waals surface area contributed by atoms with Crippen LogP contribution in [-0.4, -0.2) is 123 Å². The van der Waals surface area contributed by atoms with E-state index in [1.807, 2.05) is 6.07 Å². The maximum atomic E-state index is 14.6. The van der Waals surface area contributed by atoms with E-state index in [0.29, 0.717) is 18.6 Å². The summed E-state index contributed by atoms with van der Waals surface area (Å²) in [6.07, 6.45) is 26.1. The minimum absolute atomic E-state index is 0.110. The molecule has 1 aromatic rings. The van der Waals surface area contributed by atoms with E-state index in [0.717, 1.165) is 38.6 Å². The van der Waals surface area contributed by atoms with Crippen LogP contribution in [0.3, 0.4) is 0 Å². The Kier molecular flexibility index (Phi) is 18.8. The van der Waals surface area contributed by atoms with Crippen LogP contribution in [0.2, 0.25) is 0 Å². The number of hydrogen-bond donors (Lipinski definition) is 2. The van der Waals surface area contributed by atoms with Gasteiger partial charge >= 0.3 is 11.9 Å². The molecule has 0 amide bonds. The Balaban J connectivity index is 0.976. The summed E-state index contributed by atoms with van der Waals surface area (Å²) in [7, 11) is 8.85. The first-order valence-corrected chi connectivity index (χ1v) is 27.2. The van der Waals surface area contributed by atoms with Crippen LogP contribution in [0.4, 0.5) is 0 Å². The number of unbranched alkanes of at least 4 members (excludes halogenated alkanes) is 21. The van der Waals surface area contributed by atoms with Gasteiger partial charge in [-0.3, -0.25) is 4.79 Å². The maximum absolute atomic E-state index is 14.6. The van der Waals surface area contributed by atoms with Crippen molar-refractivity contribution < 1.29 is 48.2 Å². The molecule has 7 bridgehead atoms. The highest BCUT2D eigenvalue weighted by Crippen LogP contribution is 2.80. The van der Waals surface area contributed by atoms with Gasteiger partial charge in [-0.2, -0.15) is 0 Å². The molecule has 1 heterocycles. The molecule has 5 aliphatic carbocycles. The van der Waals surface area contributed by atoms with Crippen molar-refractivity contribution in [3.8, 4) is 0 Å². The monoisotopic (exact) mass is 938 g/mol. The van der Waals surface area contributed by atoms with Gasteiger partial charge in [0.15, 0.2) is 5.60 Å². The minimum Gasteiger partial charge on any atom is -0.455 e. The van der Waals surface area contributed by atoms with Crippen molar-refractivity contribution in [1.82, 2.24) is 4.90 Å². The van der Waals surface area contributed by atoms with Crippen molar-refractivity contribution in [2.24, 2.45) is 34.5 Å². The number of carbonyl (C=O) groups is 2. The zero-order valence-corrected chi connectivity index (χ0v) is 42.6. The van der Waals surface area contributed by atoms with E-state index in [1.165, 1.54) is 123 Å². The number of nitrogens with zero attached hydrogens (tertiary/aromatic N) is 1. The topological polar surface area (TPSA) is 133 Å². The van der Waals surface area contributed by atoms with Crippen LogP contribution in [0, 0.1) is 34.5 Å². The molecular formula is C56H91NO10. The van der Waals surface area contributed by atoms with Crippen LogP contribution in [0.5, 0.6) is 0 Å². The standard InChI is InChI=1S/C56H91NO10/c1-7-8-9-10-11-12-13-14-15-16-17-18-19-20-21-22-23-24-25-26-27-31-34-43(58)67-56-44-41(37-54(61,51(65-6)49(56)59)50(44)66-52(60)40-32-29-28-30-33-40)55-42(63-4)35-36-53(39-62-3)38-57(2)48(55)45(56)46(64-5)47(53)55/h28-30,32-33,41-42,44-51,59,61H,7-27,31,34-39H2,1-6H3/t41-,42+,44-,45+,46+,47-,48?,49+,50-,51+,53+,54-,55+,56-/m1/s1. The van der Waals surface area contributed by atoms with Crippen molar-refractivity contribution in [3.63, 3.8) is 0 Å².